The molecule has 0 saturated heterocycles. The number of thiophene rings is 1. The fourth-order valence-corrected chi connectivity index (χ4v) is 3.04. The Morgan fingerprint density at radius 3 is 2.41 bits per heavy atom. The maximum absolute atomic E-state index is 12.5. The van der Waals surface area contributed by atoms with Crippen LogP contribution in [-0.4, -0.2) is 19.6 Å². The Morgan fingerprint density at radius 1 is 1.23 bits per heavy atom. The van der Waals surface area contributed by atoms with Crippen LogP contribution in [0.25, 0.3) is 11.1 Å². The average Bonchev–Trinajstić information content (AvgIpc) is 2.86. The lowest BCUT2D eigenvalue weighted by molar-refractivity contribution is 0.0944. The Bertz CT molecular complexity index is 651. The van der Waals surface area contributed by atoms with Crippen LogP contribution in [0.1, 0.15) is 35.3 Å². The van der Waals surface area contributed by atoms with E-state index >= 15 is 0 Å². The van der Waals surface area contributed by atoms with Crippen molar-refractivity contribution < 1.29 is 9.53 Å². The fraction of sp³-hybridized carbons (Fsp3) is 0.389. The van der Waals surface area contributed by atoms with Crippen molar-refractivity contribution >= 4 is 17.2 Å². The quantitative estimate of drug-likeness (QED) is 0.901. The first-order valence-electron chi connectivity index (χ1n) is 7.33. The first-order chi connectivity index (χ1) is 10.3. The van der Waals surface area contributed by atoms with Gasteiger partial charge in [-0.25, -0.2) is 0 Å². The standard InChI is InChI=1S/C18H23NO2S/c1-12-10-15(13-6-8-14(21-5)9-7-13)16(22-12)17(20)19-11-18(2,3)4/h6-10H,11H2,1-5H3,(H,19,20). The highest BCUT2D eigenvalue weighted by Gasteiger charge is 2.18. The zero-order valence-corrected chi connectivity index (χ0v) is 14.6. The molecule has 118 valence electrons. The number of methoxy groups -OCH3 is 1. The summed E-state index contributed by atoms with van der Waals surface area (Å²) in [4.78, 5) is 14.4. The number of amides is 1. The lowest BCUT2D eigenvalue weighted by Gasteiger charge is -2.18. The van der Waals surface area contributed by atoms with Crippen molar-refractivity contribution in [3.63, 3.8) is 0 Å². The van der Waals surface area contributed by atoms with Gasteiger partial charge < -0.3 is 10.1 Å². The molecule has 0 unspecified atom stereocenters. The molecule has 22 heavy (non-hydrogen) atoms. The molecule has 1 amide bonds. The van der Waals surface area contributed by atoms with Gasteiger partial charge in [-0.2, -0.15) is 0 Å². The second kappa shape index (κ2) is 6.53. The molecule has 1 aromatic heterocycles. The van der Waals surface area contributed by atoms with Crippen molar-refractivity contribution in [2.75, 3.05) is 13.7 Å². The fourth-order valence-electron chi connectivity index (χ4n) is 2.09. The summed E-state index contributed by atoms with van der Waals surface area (Å²) in [5.41, 5.74) is 2.09. The zero-order chi connectivity index (χ0) is 16.3. The summed E-state index contributed by atoms with van der Waals surface area (Å²) in [5.74, 6) is 0.813. The maximum Gasteiger partial charge on any atom is 0.262 e. The molecule has 4 heteroatoms. The normalized spacial score (nSPS) is 11.3. The Hall–Kier alpha value is -1.81. The van der Waals surface area contributed by atoms with Crippen LogP contribution in [0, 0.1) is 12.3 Å². The van der Waals surface area contributed by atoms with Crippen LogP contribution in [0.2, 0.25) is 0 Å². The average molecular weight is 317 g/mol. The van der Waals surface area contributed by atoms with Gasteiger partial charge in [0, 0.05) is 17.0 Å². The first kappa shape index (κ1) is 16.6. The summed E-state index contributed by atoms with van der Waals surface area (Å²) in [6, 6.07) is 9.87. The number of rotatable bonds is 4. The molecule has 3 nitrogen and oxygen atoms in total. The minimum absolute atomic E-state index is 0.00107. The maximum atomic E-state index is 12.5. The molecule has 1 aromatic carbocycles. The molecule has 1 heterocycles. The van der Waals surface area contributed by atoms with Gasteiger partial charge in [0.2, 0.25) is 0 Å². The molecule has 0 bridgehead atoms. The van der Waals surface area contributed by atoms with Crippen molar-refractivity contribution in [1.82, 2.24) is 5.32 Å². The first-order valence-corrected chi connectivity index (χ1v) is 8.15. The molecule has 2 rings (SSSR count). The van der Waals surface area contributed by atoms with Crippen LogP contribution in [0.15, 0.2) is 30.3 Å². The van der Waals surface area contributed by atoms with Crippen molar-refractivity contribution in [1.29, 1.82) is 0 Å². The molecule has 2 aromatic rings. The third-order valence-electron chi connectivity index (χ3n) is 3.24. The summed E-state index contributed by atoms with van der Waals surface area (Å²) < 4.78 is 5.19. The molecular formula is C18H23NO2S. The van der Waals surface area contributed by atoms with Crippen molar-refractivity contribution in [2.45, 2.75) is 27.7 Å². The predicted molar refractivity (Wildman–Crippen MR) is 92.8 cm³/mol. The molecule has 1 N–H and O–H groups in total. The number of nitrogens with one attached hydrogen (secondary N) is 1. The van der Waals surface area contributed by atoms with Crippen molar-refractivity contribution in [2.24, 2.45) is 5.41 Å². The van der Waals surface area contributed by atoms with E-state index < -0.39 is 0 Å². The molecule has 0 spiro atoms. The minimum Gasteiger partial charge on any atom is -0.497 e. The van der Waals surface area contributed by atoms with Gasteiger partial charge in [-0.1, -0.05) is 32.9 Å². The number of carbonyl (C=O) groups excluding carboxylic acids is 1. The van der Waals surface area contributed by atoms with E-state index in [1.165, 1.54) is 11.3 Å². The molecule has 0 radical (unpaired) electrons. The molecular weight excluding hydrogens is 294 g/mol. The van der Waals surface area contributed by atoms with Crippen LogP contribution in [0.5, 0.6) is 5.75 Å². The van der Waals surface area contributed by atoms with Crippen LogP contribution in [-0.2, 0) is 0 Å². The van der Waals surface area contributed by atoms with E-state index in [0.29, 0.717) is 6.54 Å². The molecule has 0 saturated carbocycles. The van der Waals surface area contributed by atoms with Gasteiger partial charge in [-0.05, 0) is 36.1 Å². The summed E-state index contributed by atoms with van der Waals surface area (Å²) in [5, 5.41) is 3.03. The molecule has 0 fully saturated rings. The second-order valence-corrected chi connectivity index (χ2v) is 7.83. The van der Waals surface area contributed by atoms with Crippen LogP contribution < -0.4 is 10.1 Å². The van der Waals surface area contributed by atoms with E-state index in [-0.39, 0.29) is 11.3 Å². The summed E-state index contributed by atoms with van der Waals surface area (Å²) in [6.07, 6.45) is 0. The largest absolute Gasteiger partial charge is 0.497 e. The van der Waals surface area contributed by atoms with Gasteiger partial charge in [0.1, 0.15) is 5.75 Å². The SMILES string of the molecule is COc1ccc(-c2cc(C)sc2C(=O)NCC(C)(C)C)cc1. The Morgan fingerprint density at radius 2 is 1.86 bits per heavy atom. The molecule has 0 atom stereocenters. The van der Waals surface area contributed by atoms with E-state index in [1.54, 1.807) is 7.11 Å². The number of hydrogen-bond acceptors (Lipinski definition) is 3. The highest BCUT2D eigenvalue weighted by Crippen LogP contribution is 2.32. The van der Waals surface area contributed by atoms with Gasteiger partial charge in [-0.3, -0.25) is 4.79 Å². The van der Waals surface area contributed by atoms with E-state index in [4.69, 9.17) is 4.74 Å². The van der Waals surface area contributed by atoms with E-state index in [1.807, 2.05) is 31.2 Å². The number of ether oxygens (including phenoxy) is 1. The topological polar surface area (TPSA) is 38.3 Å². The van der Waals surface area contributed by atoms with Crippen molar-refractivity contribution in [3.05, 3.63) is 40.1 Å². The highest BCUT2D eigenvalue weighted by molar-refractivity contribution is 7.14. The number of aryl methyl sites for hydroxylation is 1. The second-order valence-electron chi connectivity index (χ2n) is 6.57. The van der Waals surface area contributed by atoms with E-state index in [9.17, 15) is 4.79 Å². The minimum atomic E-state index is -0.00107. The highest BCUT2D eigenvalue weighted by atomic mass is 32.1. The van der Waals surface area contributed by atoms with Crippen molar-refractivity contribution in [3.8, 4) is 16.9 Å². The monoisotopic (exact) mass is 317 g/mol. The predicted octanol–water partition coefficient (Wildman–Crippen LogP) is 4.51. The van der Waals surface area contributed by atoms with Crippen LogP contribution >= 0.6 is 11.3 Å². The Labute approximate surface area is 136 Å². The molecule has 0 aliphatic heterocycles. The van der Waals surface area contributed by atoms with Gasteiger partial charge in [0.25, 0.3) is 5.91 Å². The summed E-state index contributed by atoms with van der Waals surface area (Å²) >= 11 is 1.53. The van der Waals surface area contributed by atoms with Gasteiger partial charge in [0.05, 0.1) is 12.0 Å². The number of carbonyl (C=O) groups is 1. The smallest absolute Gasteiger partial charge is 0.262 e. The van der Waals surface area contributed by atoms with E-state index in [2.05, 4.69) is 32.2 Å². The summed E-state index contributed by atoms with van der Waals surface area (Å²) in [6.45, 7) is 9.01. The third kappa shape index (κ3) is 4.10. The van der Waals surface area contributed by atoms with Crippen LogP contribution in [0.3, 0.4) is 0 Å². The van der Waals surface area contributed by atoms with Crippen LogP contribution in [0.4, 0.5) is 0 Å². The van der Waals surface area contributed by atoms with Gasteiger partial charge in [-0.15, -0.1) is 11.3 Å². The lowest BCUT2D eigenvalue weighted by atomic mass is 9.97. The van der Waals surface area contributed by atoms with E-state index in [0.717, 1.165) is 26.6 Å². The molecule has 0 aliphatic rings. The molecule has 0 aliphatic carbocycles. The van der Waals surface area contributed by atoms with Gasteiger partial charge >= 0.3 is 0 Å². The number of hydrogen-bond donors (Lipinski definition) is 1. The zero-order valence-electron chi connectivity index (χ0n) is 13.8. The van der Waals surface area contributed by atoms with Gasteiger partial charge in [0.15, 0.2) is 0 Å². The lowest BCUT2D eigenvalue weighted by Crippen LogP contribution is -2.32. The third-order valence-corrected chi connectivity index (χ3v) is 4.29. The Balaban J connectivity index is 2.27. The Kier molecular flexibility index (Phi) is 4.91. The number of benzene rings is 1. The summed E-state index contributed by atoms with van der Waals surface area (Å²) in [7, 11) is 1.65.